The highest BCUT2D eigenvalue weighted by atomic mass is 32.2. The van der Waals surface area contributed by atoms with Crippen LogP contribution in [-0.4, -0.2) is 38.4 Å². The van der Waals surface area contributed by atoms with Gasteiger partial charge >= 0.3 is 6.03 Å². The number of aliphatic hydroxyl groups is 1. The molecule has 4 aliphatic carbocycles. The minimum atomic E-state index is -3.96. The number of halogens is 1. The summed E-state index contributed by atoms with van der Waals surface area (Å²) in [5.41, 5.74) is 1.18. The summed E-state index contributed by atoms with van der Waals surface area (Å²) < 4.78 is 42.4. The van der Waals surface area contributed by atoms with E-state index in [0.717, 1.165) is 50.5 Å². The number of hydrogen-bond acceptors (Lipinski definition) is 4. The van der Waals surface area contributed by atoms with Crippen LogP contribution < -0.4 is 10.0 Å². The number of carbonyl (C=O) groups excluding carboxylic acids is 1. The molecule has 6 nitrogen and oxygen atoms in total. The first kappa shape index (κ1) is 33.7. The number of nitrogens with one attached hydrogen (secondary N) is 2. The first-order chi connectivity index (χ1) is 20.5. The van der Waals surface area contributed by atoms with Gasteiger partial charge in [-0.25, -0.2) is 22.3 Å². The third-order valence-electron chi connectivity index (χ3n) is 13.3. The van der Waals surface area contributed by atoms with Gasteiger partial charge in [0.2, 0.25) is 0 Å². The SMILES string of the molecule is CC[C@H]1[C@@H](O)[C@@H]2[C@H](CC[C@]3(C)[C@@H]([C@H](C)CCNC(=O)NS(=O)(=O)c4ccc(C(C)(C)C)cc4)CC[C@@H]23)[C@@]2(C)CCC(F)C[C@@H]12. The Labute approximate surface area is 265 Å². The topological polar surface area (TPSA) is 95.5 Å². The Balaban J connectivity index is 1.19. The van der Waals surface area contributed by atoms with Crippen LogP contribution in [0.2, 0.25) is 0 Å². The number of carbonyl (C=O) groups is 1. The highest BCUT2D eigenvalue weighted by Gasteiger charge is 2.65. The van der Waals surface area contributed by atoms with E-state index in [-0.39, 0.29) is 45.0 Å². The normalized spacial score (nSPS) is 39.5. The maximum absolute atomic E-state index is 14.6. The summed E-state index contributed by atoms with van der Waals surface area (Å²) in [6, 6.07) is 5.97. The average molecular weight is 633 g/mol. The number of fused-ring (bicyclic) bond motifs is 5. The smallest absolute Gasteiger partial charge is 0.328 e. The van der Waals surface area contributed by atoms with Crippen molar-refractivity contribution in [1.82, 2.24) is 10.0 Å². The summed E-state index contributed by atoms with van der Waals surface area (Å²) in [4.78, 5) is 12.7. The summed E-state index contributed by atoms with van der Waals surface area (Å²) in [6.45, 7) is 15.9. The second-order valence-electron chi connectivity index (χ2n) is 16.5. The fraction of sp³-hybridized carbons (Fsp3) is 0.806. The van der Waals surface area contributed by atoms with E-state index in [9.17, 15) is 22.7 Å². The molecule has 0 heterocycles. The number of rotatable bonds is 7. The first-order valence-electron chi connectivity index (χ1n) is 17.3. The Morgan fingerprint density at radius 3 is 2.30 bits per heavy atom. The van der Waals surface area contributed by atoms with Gasteiger partial charge in [0.15, 0.2) is 0 Å². The average Bonchev–Trinajstić information content (AvgIpc) is 3.30. The molecule has 4 fully saturated rings. The van der Waals surface area contributed by atoms with Crippen molar-refractivity contribution < 1.29 is 22.7 Å². The maximum atomic E-state index is 14.6. The first-order valence-corrected chi connectivity index (χ1v) is 18.7. The zero-order chi connectivity index (χ0) is 32.2. The maximum Gasteiger partial charge on any atom is 0.328 e. The zero-order valence-electron chi connectivity index (χ0n) is 28.0. The van der Waals surface area contributed by atoms with Gasteiger partial charge in [-0.3, -0.25) is 0 Å². The lowest BCUT2D eigenvalue weighted by molar-refractivity contribution is -0.199. The molecule has 3 N–H and O–H groups in total. The molecule has 1 aromatic rings. The molecule has 5 rings (SSSR count). The summed E-state index contributed by atoms with van der Waals surface area (Å²) >= 11 is 0. The van der Waals surface area contributed by atoms with E-state index >= 15 is 0 Å². The molecule has 0 aromatic heterocycles. The molecule has 0 bridgehead atoms. The van der Waals surface area contributed by atoms with Gasteiger partial charge in [0.1, 0.15) is 6.17 Å². The summed E-state index contributed by atoms with van der Waals surface area (Å²) in [5.74, 6) is 2.50. The van der Waals surface area contributed by atoms with E-state index < -0.39 is 22.2 Å². The molecule has 1 aromatic carbocycles. The Morgan fingerprint density at radius 1 is 1.02 bits per heavy atom. The predicted octanol–water partition coefficient (Wildman–Crippen LogP) is 7.60. The van der Waals surface area contributed by atoms with Crippen molar-refractivity contribution in [2.24, 2.45) is 52.3 Å². The lowest BCUT2D eigenvalue weighted by Crippen LogP contribution is -2.62. The molecular formula is C36H57FN2O4S. The summed E-state index contributed by atoms with van der Waals surface area (Å²) in [6.07, 6.45) is 7.29. The zero-order valence-corrected chi connectivity index (χ0v) is 28.9. The molecule has 0 spiro atoms. The number of alkyl halides is 1. The fourth-order valence-electron chi connectivity index (χ4n) is 10.9. The standard InChI is InChI=1S/C36H57FN2O4S/c1-8-26-30-21-24(37)15-18-36(30,7)29-16-19-35(6)27(13-14-28(35)31(29)32(26)40)22(2)17-20-38-33(41)39-44(42,43)25-11-9-23(10-12-25)34(3,4)5/h9-12,22,24,26-32,40H,8,13-21H2,1-7H3,(H2,38,39,41)/t22-,24?,26-,27-,28+,29+,30+,31+,32-,35-,36-/m1/s1. The molecule has 0 saturated heterocycles. The van der Waals surface area contributed by atoms with Crippen LogP contribution in [-0.2, 0) is 15.4 Å². The molecule has 44 heavy (non-hydrogen) atoms. The number of sulfonamides is 1. The van der Waals surface area contributed by atoms with E-state index in [1.165, 1.54) is 0 Å². The van der Waals surface area contributed by atoms with Crippen molar-refractivity contribution in [3.05, 3.63) is 29.8 Å². The van der Waals surface area contributed by atoms with Gasteiger partial charge in [-0.1, -0.05) is 67.0 Å². The van der Waals surface area contributed by atoms with Crippen LogP contribution in [0.1, 0.15) is 112 Å². The summed E-state index contributed by atoms with van der Waals surface area (Å²) in [5, 5.41) is 14.7. The second-order valence-corrected chi connectivity index (χ2v) is 18.1. The number of urea groups is 1. The van der Waals surface area contributed by atoms with E-state index in [2.05, 4.69) is 58.5 Å². The van der Waals surface area contributed by atoms with Crippen LogP contribution in [0, 0.1) is 52.3 Å². The third kappa shape index (κ3) is 5.96. The van der Waals surface area contributed by atoms with Crippen LogP contribution in [0.5, 0.6) is 0 Å². The number of benzene rings is 1. The Hall–Kier alpha value is -1.67. The molecule has 0 radical (unpaired) electrons. The summed E-state index contributed by atoms with van der Waals surface area (Å²) in [7, 11) is -3.96. The Bertz CT molecular complexity index is 1300. The Morgan fingerprint density at radius 2 is 1.66 bits per heavy atom. The lowest BCUT2D eigenvalue weighted by Gasteiger charge is -2.64. The van der Waals surface area contributed by atoms with Crippen molar-refractivity contribution in [2.75, 3.05) is 6.54 Å². The number of hydrogen-bond donors (Lipinski definition) is 3. The molecule has 2 amide bonds. The number of amides is 2. The van der Waals surface area contributed by atoms with Gasteiger partial charge < -0.3 is 10.4 Å². The van der Waals surface area contributed by atoms with Crippen LogP contribution in [0.15, 0.2) is 29.2 Å². The highest BCUT2D eigenvalue weighted by Crippen LogP contribution is 2.69. The van der Waals surface area contributed by atoms with Gasteiger partial charge in [-0.15, -0.1) is 0 Å². The van der Waals surface area contributed by atoms with Crippen molar-refractivity contribution in [2.45, 2.75) is 129 Å². The van der Waals surface area contributed by atoms with Crippen LogP contribution in [0.4, 0.5) is 9.18 Å². The lowest BCUT2D eigenvalue weighted by atomic mass is 9.41. The van der Waals surface area contributed by atoms with Crippen molar-refractivity contribution in [1.29, 1.82) is 0 Å². The van der Waals surface area contributed by atoms with Gasteiger partial charge in [0, 0.05) is 6.54 Å². The van der Waals surface area contributed by atoms with Crippen LogP contribution in [0.3, 0.4) is 0 Å². The number of aliphatic hydroxyl groups excluding tert-OH is 1. The van der Waals surface area contributed by atoms with Crippen molar-refractivity contribution in [3.63, 3.8) is 0 Å². The van der Waals surface area contributed by atoms with E-state index in [4.69, 9.17) is 0 Å². The predicted molar refractivity (Wildman–Crippen MR) is 173 cm³/mol. The second kappa shape index (κ2) is 12.2. The van der Waals surface area contributed by atoms with Crippen LogP contribution in [0.25, 0.3) is 0 Å². The van der Waals surface area contributed by atoms with E-state index in [1.807, 2.05) is 0 Å². The highest BCUT2D eigenvalue weighted by molar-refractivity contribution is 7.90. The van der Waals surface area contributed by atoms with Crippen molar-refractivity contribution >= 4 is 16.1 Å². The fourth-order valence-corrected chi connectivity index (χ4v) is 11.8. The van der Waals surface area contributed by atoms with Gasteiger partial charge in [0.05, 0.1) is 11.0 Å². The molecule has 4 saturated carbocycles. The van der Waals surface area contributed by atoms with Gasteiger partial charge in [0.25, 0.3) is 10.0 Å². The van der Waals surface area contributed by atoms with E-state index in [0.29, 0.717) is 43.1 Å². The minimum Gasteiger partial charge on any atom is -0.393 e. The van der Waals surface area contributed by atoms with Crippen molar-refractivity contribution in [3.8, 4) is 0 Å². The van der Waals surface area contributed by atoms with E-state index in [1.54, 1.807) is 24.3 Å². The quantitative estimate of drug-likeness (QED) is 0.289. The largest absolute Gasteiger partial charge is 0.393 e. The molecule has 11 atom stereocenters. The van der Waals surface area contributed by atoms with Gasteiger partial charge in [-0.2, -0.15) is 0 Å². The molecule has 0 aliphatic heterocycles. The molecule has 248 valence electrons. The minimum absolute atomic E-state index is 0.0719. The molecule has 8 heteroatoms. The van der Waals surface area contributed by atoms with Crippen LogP contribution >= 0.6 is 0 Å². The van der Waals surface area contributed by atoms with Gasteiger partial charge in [-0.05, 0) is 127 Å². The molecule has 4 aliphatic rings. The molecule has 1 unspecified atom stereocenters. The molecular weight excluding hydrogens is 575 g/mol. The monoisotopic (exact) mass is 632 g/mol. The third-order valence-corrected chi connectivity index (χ3v) is 14.6. The Kier molecular flexibility index (Phi) is 9.32.